The molecule has 0 aliphatic heterocycles. The zero-order chi connectivity index (χ0) is 15.1. The van der Waals surface area contributed by atoms with Crippen molar-refractivity contribution in [3.63, 3.8) is 0 Å². The van der Waals surface area contributed by atoms with Gasteiger partial charge in [0.2, 0.25) is 0 Å². The van der Waals surface area contributed by atoms with Gasteiger partial charge in [0.15, 0.2) is 5.82 Å². The Morgan fingerprint density at radius 1 is 1.00 bits per heavy atom. The largest absolute Gasteiger partial charge is 0.225 e. The third-order valence-corrected chi connectivity index (χ3v) is 3.97. The summed E-state index contributed by atoms with van der Waals surface area (Å²) in [6.45, 7) is 1.89. The minimum Gasteiger partial charge on any atom is -0.225 e. The number of fused-ring (bicyclic) bond motifs is 1. The standard InChI is InChI=1S/C15H8Cl3FN2/c1-7-2-3-8(16)6-9(7)15-20-13-11(19)5-4-10(17)12(13)14(18)21-15/h2-6H,1H3. The highest BCUT2D eigenvalue weighted by Gasteiger charge is 2.15. The van der Waals surface area contributed by atoms with E-state index in [1.165, 1.54) is 12.1 Å². The normalized spacial score (nSPS) is 11.1. The van der Waals surface area contributed by atoms with Crippen molar-refractivity contribution in [2.45, 2.75) is 6.92 Å². The predicted octanol–water partition coefficient (Wildman–Crippen LogP) is 5.70. The molecule has 106 valence electrons. The maximum atomic E-state index is 14.0. The minimum atomic E-state index is -0.500. The molecule has 1 heterocycles. The Kier molecular flexibility index (Phi) is 3.74. The molecule has 0 saturated carbocycles. The van der Waals surface area contributed by atoms with Gasteiger partial charge >= 0.3 is 0 Å². The molecule has 2 nitrogen and oxygen atoms in total. The number of hydrogen-bond donors (Lipinski definition) is 0. The van der Waals surface area contributed by atoms with Crippen molar-refractivity contribution < 1.29 is 4.39 Å². The van der Waals surface area contributed by atoms with E-state index in [4.69, 9.17) is 34.8 Å². The smallest absolute Gasteiger partial charge is 0.161 e. The second kappa shape index (κ2) is 5.41. The summed E-state index contributed by atoms with van der Waals surface area (Å²) < 4.78 is 14.0. The van der Waals surface area contributed by atoms with Crippen molar-refractivity contribution in [2.24, 2.45) is 0 Å². The summed E-state index contributed by atoms with van der Waals surface area (Å²) in [5.74, 6) is -0.187. The highest BCUT2D eigenvalue weighted by atomic mass is 35.5. The maximum Gasteiger partial charge on any atom is 0.161 e. The third kappa shape index (κ3) is 2.57. The third-order valence-electron chi connectivity index (χ3n) is 3.15. The molecule has 0 aliphatic rings. The van der Waals surface area contributed by atoms with Crippen LogP contribution in [0.4, 0.5) is 4.39 Å². The van der Waals surface area contributed by atoms with E-state index >= 15 is 0 Å². The first kappa shape index (κ1) is 14.5. The van der Waals surface area contributed by atoms with Gasteiger partial charge in [-0.1, -0.05) is 40.9 Å². The lowest BCUT2D eigenvalue weighted by Crippen LogP contribution is -1.96. The van der Waals surface area contributed by atoms with E-state index in [-0.39, 0.29) is 10.7 Å². The summed E-state index contributed by atoms with van der Waals surface area (Å²) >= 11 is 18.2. The van der Waals surface area contributed by atoms with Gasteiger partial charge in [-0.05, 0) is 36.8 Å². The summed E-state index contributed by atoms with van der Waals surface area (Å²) in [5, 5.41) is 1.27. The van der Waals surface area contributed by atoms with E-state index in [9.17, 15) is 4.39 Å². The van der Waals surface area contributed by atoms with Crippen molar-refractivity contribution >= 4 is 45.7 Å². The van der Waals surface area contributed by atoms with Crippen LogP contribution in [0.1, 0.15) is 5.56 Å². The molecule has 0 atom stereocenters. The number of halogens is 4. The number of aromatic nitrogens is 2. The lowest BCUT2D eigenvalue weighted by Gasteiger charge is -2.09. The Morgan fingerprint density at radius 2 is 1.76 bits per heavy atom. The van der Waals surface area contributed by atoms with Gasteiger partial charge in [-0.15, -0.1) is 0 Å². The molecule has 21 heavy (non-hydrogen) atoms. The fraction of sp³-hybridized carbons (Fsp3) is 0.0667. The molecule has 0 fully saturated rings. The van der Waals surface area contributed by atoms with Crippen LogP contribution in [0.15, 0.2) is 30.3 Å². The lowest BCUT2D eigenvalue weighted by molar-refractivity contribution is 0.636. The van der Waals surface area contributed by atoms with Crippen LogP contribution in [0.2, 0.25) is 15.2 Å². The number of benzene rings is 2. The number of rotatable bonds is 1. The Morgan fingerprint density at radius 3 is 2.52 bits per heavy atom. The van der Waals surface area contributed by atoms with Crippen LogP contribution in [0.25, 0.3) is 22.3 Å². The molecule has 1 aromatic heterocycles. The van der Waals surface area contributed by atoms with E-state index < -0.39 is 5.82 Å². The lowest BCUT2D eigenvalue weighted by atomic mass is 10.1. The molecule has 3 rings (SSSR count). The van der Waals surface area contributed by atoms with Crippen LogP contribution < -0.4 is 0 Å². The van der Waals surface area contributed by atoms with Gasteiger partial charge in [-0.3, -0.25) is 0 Å². The van der Waals surface area contributed by atoms with Gasteiger partial charge < -0.3 is 0 Å². The van der Waals surface area contributed by atoms with Gasteiger partial charge in [0, 0.05) is 10.6 Å². The first-order chi connectivity index (χ1) is 9.97. The molecule has 0 amide bonds. The van der Waals surface area contributed by atoms with E-state index in [1.807, 2.05) is 13.0 Å². The Labute approximate surface area is 135 Å². The van der Waals surface area contributed by atoms with E-state index in [0.29, 0.717) is 26.8 Å². The van der Waals surface area contributed by atoms with E-state index in [2.05, 4.69) is 9.97 Å². The molecule has 0 aliphatic carbocycles. The van der Waals surface area contributed by atoms with Crippen LogP contribution in [0, 0.1) is 12.7 Å². The average Bonchev–Trinajstić information content (AvgIpc) is 2.45. The summed E-state index contributed by atoms with van der Waals surface area (Å²) in [5.41, 5.74) is 1.71. The summed E-state index contributed by atoms with van der Waals surface area (Å²) in [6.07, 6.45) is 0. The molecule has 0 radical (unpaired) electrons. The van der Waals surface area contributed by atoms with Gasteiger partial charge in [-0.25, -0.2) is 14.4 Å². The second-order valence-electron chi connectivity index (χ2n) is 4.55. The van der Waals surface area contributed by atoms with Gasteiger partial charge in [0.25, 0.3) is 0 Å². The maximum absolute atomic E-state index is 14.0. The second-order valence-corrected chi connectivity index (χ2v) is 5.75. The van der Waals surface area contributed by atoms with Gasteiger partial charge in [0.05, 0.1) is 10.4 Å². The molecular formula is C15H8Cl3FN2. The quantitative estimate of drug-likeness (QED) is 0.530. The van der Waals surface area contributed by atoms with Crippen molar-refractivity contribution in [3.05, 3.63) is 56.9 Å². The van der Waals surface area contributed by atoms with Gasteiger partial charge in [0.1, 0.15) is 16.5 Å². The molecule has 3 aromatic rings. The van der Waals surface area contributed by atoms with E-state index in [0.717, 1.165) is 5.56 Å². The first-order valence-corrected chi connectivity index (χ1v) is 7.18. The summed E-state index contributed by atoms with van der Waals surface area (Å²) in [6, 6.07) is 8.01. The summed E-state index contributed by atoms with van der Waals surface area (Å²) in [4.78, 5) is 8.48. The molecule has 0 N–H and O–H groups in total. The molecule has 0 saturated heterocycles. The fourth-order valence-corrected chi connectivity index (χ4v) is 2.82. The van der Waals surface area contributed by atoms with Crippen molar-refractivity contribution in [3.8, 4) is 11.4 Å². The average molecular weight is 342 g/mol. The first-order valence-electron chi connectivity index (χ1n) is 6.05. The monoisotopic (exact) mass is 340 g/mol. The van der Waals surface area contributed by atoms with Crippen LogP contribution in [-0.4, -0.2) is 9.97 Å². The summed E-state index contributed by atoms with van der Waals surface area (Å²) in [7, 11) is 0. The van der Waals surface area contributed by atoms with Gasteiger partial charge in [-0.2, -0.15) is 0 Å². The molecule has 0 unspecified atom stereocenters. The predicted molar refractivity (Wildman–Crippen MR) is 84.7 cm³/mol. The molecule has 0 spiro atoms. The fourth-order valence-electron chi connectivity index (χ4n) is 2.08. The zero-order valence-corrected chi connectivity index (χ0v) is 13.1. The topological polar surface area (TPSA) is 25.8 Å². The minimum absolute atomic E-state index is 0.0943. The Balaban J connectivity index is 2.35. The highest BCUT2D eigenvalue weighted by Crippen LogP contribution is 2.33. The number of aryl methyl sites for hydroxylation is 1. The van der Waals surface area contributed by atoms with Crippen LogP contribution >= 0.6 is 34.8 Å². The van der Waals surface area contributed by atoms with Crippen LogP contribution in [-0.2, 0) is 0 Å². The molecule has 0 bridgehead atoms. The molecule has 2 aromatic carbocycles. The number of hydrogen-bond acceptors (Lipinski definition) is 2. The van der Waals surface area contributed by atoms with Crippen LogP contribution in [0.3, 0.4) is 0 Å². The van der Waals surface area contributed by atoms with Crippen molar-refractivity contribution in [1.82, 2.24) is 9.97 Å². The molecule has 6 heteroatoms. The molecular weight excluding hydrogens is 334 g/mol. The highest BCUT2D eigenvalue weighted by molar-refractivity contribution is 6.41. The Hall–Kier alpha value is -1.42. The van der Waals surface area contributed by atoms with Crippen LogP contribution in [0.5, 0.6) is 0 Å². The van der Waals surface area contributed by atoms with Crippen molar-refractivity contribution in [2.75, 3.05) is 0 Å². The SMILES string of the molecule is Cc1ccc(Cl)cc1-c1nc(Cl)c2c(Cl)ccc(F)c2n1. The number of nitrogens with zero attached hydrogens (tertiary/aromatic N) is 2. The van der Waals surface area contributed by atoms with Crippen molar-refractivity contribution in [1.29, 1.82) is 0 Å². The zero-order valence-electron chi connectivity index (χ0n) is 10.8. The Bertz CT molecular complexity index is 865. The van der Waals surface area contributed by atoms with E-state index in [1.54, 1.807) is 12.1 Å².